The van der Waals surface area contributed by atoms with E-state index in [-0.39, 0.29) is 24.7 Å². The minimum atomic E-state index is -4.43. The number of likely N-dealkylation sites (tertiary alicyclic amines) is 1. The highest BCUT2D eigenvalue weighted by atomic mass is 19.4. The van der Waals surface area contributed by atoms with E-state index in [1.54, 1.807) is 4.90 Å². The third-order valence-corrected chi connectivity index (χ3v) is 6.16. The number of halogens is 3. The number of benzene rings is 2. The fraction of sp³-hybridized carbons (Fsp3) is 0.519. The highest BCUT2D eigenvalue weighted by Crippen LogP contribution is 2.36. The first-order valence-electron chi connectivity index (χ1n) is 12.2. The van der Waals surface area contributed by atoms with E-state index in [9.17, 15) is 18.0 Å². The Hall–Kier alpha value is -2.74. The zero-order valence-corrected chi connectivity index (χ0v) is 20.4. The number of amides is 1. The Morgan fingerprint density at radius 2 is 1.77 bits per heavy atom. The number of rotatable bonds is 6. The first-order chi connectivity index (χ1) is 16.5. The number of carbonyl (C=O) groups is 1. The molecule has 8 heteroatoms. The Morgan fingerprint density at radius 1 is 1.06 bits per heavy atom. The number of hydrogen-bond donors (Lipinski definition) is 1. The van der Waals surface area contributed by atoms with Crippen LogP contribution in [-0.4, -0.2) is 35.3 Å². The Kier molecular flexibility index (Phi) is 7.31. The molecule has 1 aliphatic heterocycles. The summed E-state index contributed by atoms with van der Waals surface area (Å²) < 4.78 is 51.8. The van der Waals surface area contributed by atoms with Crippen molar-refractivity contribution in [3.05, 3.63) is 65.2 Å². The fourth-order valence-electron chi connectivity index (χ4n) is 4.41. The van der Waals surface area contributed by atoms with Crippen LogP contribution in [0.5, 0.6) is 5.75 Å². The van der Waals surface area contributed by atoms with Crippen molar-refractivity contribution in [3.63, 3.8) is 0 Å². The van der Waals surface area contributed by atoms with E-state index >= 15 is 0 Å². The van der Waals surface area contributed by atoms with Gasteiger partial charge >= 0.3 is 12.3 Å². The van der Waals surface area contributed by atoms with Crippen molar-refractivity contribution in [2.45, 2.75) is 83.0 Å². The summed E-state index contributed by atoms with van der Waals surface area (Å²) in [4.78, 5) is 14.8. The number of nitrogens with one attached hydrogen (secondary N) is 1. The summed E-state index contributed by atoms with van der Waals surface area (Å²) in [6.07, 6.45) is -1.40. The fourth-order valence-corrected chi connectivity index (χ4v) is 4.41. The van der Waals surface area contributed by atoms with Crippen LogP contribution in [0.2, 0.25) is 0 Å². The molecule has 35 heavy (non-hydrogen) atoms. The number of nitrogens with zero attached hydrogens (tertiary/aromatic N) is 1. The quantitative estimate of drug-likeness (QED) is 0.504. The summed E-state index contributed by atoms with van der Waals surface area (Å²) in [5.41, 5.74) is 0.0873. The van der Waals surface area contributed by atoms with Crippen LogP contribution in [-0.2, 0) is 17.5 Å². The SMILES string of the molecule is CC(C)(C)OC(=O)N1CCCC(NCc2cc(C(F)(F)F)ccc2OC2CC2)C1c1ccccc1. The number of piperidine rings is 1. The van der Waals surface area contributed by atoms with Gasteiger partial charge in [0.25, 0.3) is 0 Å². The molecule has 0 aromatic heterocycles. The van der Waals surface area contributed by atoms with Crippen molar-refractivity contribution < 1.29 is 27.4 Å². The van der Waals surface area contributed by atoms with Crippen LogP contribution in [0.25, 0.3) is 0 Å². The van der Waals surface area contributed by atoms with Gasteiger partial charge < -0.3 is 14.8 Å². The minimum absolute atomic E-state index is 0.0693. The van der Waals surface area contributed by atoms with Gasteiger partial charge in [-0.3, -0.25) is 4.90 Å². The third kappa shape index (κ3) is 6.69. The van der Waals surface area contributed by atoms with E-state index in [0.717, 1.165) is 43.4 Å². The summed E-state index contributed by atoms with van der Waals surface area (Å²) in [5, 5.41) is 3.45. The standard InChI is InChI=1S/C27H33F3N2O3/c1-26(2,3)35-25(33)32-15-7-10-22(24(32)18-8-5-4-6-9-18)31-17-19-16-20(27(28,29)30)11-14-23(19)34-21-12-13-21/h4-6,8-9,11,14,16,21-22,24,31H,7,10,12-13,15,17H2,1-3H3. The highest BCUT2D eigenvalue weighted by Gasteiger charge is 2.38. The van der Waals surface area contributed by atoms with Gasteiger partial charge in [-0.15, -0.1) is 0 Å². The summed E-state index contributed by atoms with van der Waals surface area (Å²) in [5.74, 6) is 0.476. The largest absolute Gasteiger partial charge is 0.490 e. The van der Waals surface area contributed by atoms with Gasteiger partial charge in [0.1, 0.15) is 11.4 Å². The van der Waals surface area contributed by atoms with Crippen molar-refractivity contribution >= 4 is 6.09 Å². The molecule has 4 rings (SSSR count). The number of alkyl halides is 3. The number of hydrogen-bond acceptors (Lipinski definition) is 4. The van der Waals surface area contributed by atoms with Gasteiger partial charge in [-0.2, -0.15) is 13.2 Å². The zero-order valence-electron chi connectivity index (χ0n) is 20.4. The first kappa shape index (κ1) is 25.4. The number of carbonyl (C=O) groups excluding carboxylic acids is 1. The van der Waals surface area contributed by atoms with Crippen LogP contribution in [0.15, 0.2) is 48.5 Å². The van der Waals surface area contributed by atoms with Crippen molar-refractivity contribution in [3.8, 4) is 5.75 Å². The smallest absolute Gasteiger partial charge is 0.416 e. The second-order valence-electron chi connectivity index (χ2n) is 10.3. The van der Waals surface area contributed by atoms with Gasteiger partial charge in [-0.1, -0.05) is 30.3 Å². The topological polar surface area (TPSA) is 50.8 Å². The van der Waals surface area contributed by atoms with E-state index < -0.39 is 23.4 Å². The van der Waals surface area contributed by atoms with Crippen molar-refractivity contribution in [1.82, 2.24) is 10.2 Å². The molecule has 1 N–H and O–H groups in total. The molecule has 1 aliphatic carbocycles. The van der Waals surface area contributed by atoms with Crippen LogP contribution in [0.1, 0.15) is 69.2 Å². The lowest BCUT2D eigenvalue weighted by atomic mass is 9.90. The molecule has 0 bridgehead atoms. The molecule has 2 unspecified atom stereocenters. The van der Waals surface area contributed by atoms with Gasteiger partial charge in [-0.25, -0.2) is 4.79 Å². The number of ether oxygens (including phenoxy) is 2. The van der Waals surface area contributed by atoms with E-state index in [1.807, 2.05) is 51.1 Å². The van der Waals surface area contributed by atoms with E-state index in [1.165, 1.54) is 6.07 Å². The highest BCUT2D eigenvalue weighted by molar-refractivity contribution is 5.69. The second kappa shape index (κ2) is 10.1. The summed E-state index contributed by atoms with van der Waals surface area (Å²) >= 11 is 0. The molecular weight excluding hydrogens is 457 g/mol. The maximum atomic E-state index is 13.4. The molecular formula is C27H33F3N2O3. The maximum Gasteiger partial charge on any atom is 0.416 e. The minimum Gasteiger partial charge on any atom is -0.490 e. The average Bonchev–Trinajstić information content (AvgIpc) is 3.61. The summed E-state index contributed by atoms with van der Waals surface area (Å²) in [7, 11) is 0. The lowest BCUT2D eigenvalue weighted by Crippen LogP contribution is -2.51. The molecule has 190 valence electrons. The molecule has 2 atom stereocenters. The lowest BCUT2D eigenvalue weighted by Gasteiger charge is -2.42. The molecule has 0 spiro atoms. The molecule has 2 aliphatic rings. The molecule has 2 aromatic carbocycles. The van der Waals surface area contributed by atoms with E-state index in [4.69, 9.17) is 9.47 Å². The third-order valence-electron chi connectivity index (χ3n) is 6.16. The van der Waals surface area contributed by atoms with Crippen molar-refractivity contribution in [1.29, 1.82) is 0 Å². The Bertz CT molecular complexity index is 1020. The molecule has 1 heterocycles. The molecule has 0 radical (unpaired) electrons. The van der Waals surface area contributed by atoms with Crippen molar-refractivity contribution in [2.24, 2.45) is 0 Å². The molecule has 2 aromatic rings. The predicted octanol–water partition coefficient (Wildman–Crippen LogP) is 6.48. The van der Waals surface area contributed by atoms with Crippen LogP contribution < -0.4 is 10.1 Å². The van der Waals surface area contributed by atoms with Gasteiger partial charge in [0.2, 0.25) is 0 Å². The van der Waals surface area contributed by atoms with Crippen LogP contribution in [0, 0.1) is 0 Å². The van der Waals surface area contributed by atoms with Gasteiger partial charge in [-0.05, 0) is 70.2 Å². The molecule has 1 saturated heterocycles. The van der Waals surface area contributed by atoms with E-state index in [2.05, 4.69) is 5.32 Å². The second-order valence-corrected chi connectivity index (χ2v) is 10.3. The molecule has 2 fully saturated rings. The van der Waals surface area contributed by atoms with Gasteiger partial charge in [0, 0.05) is 24.7 Å². The summed E-state index contributed by atoms with van der Waals surface area (Å²) in [6.45, 7) is 6.24. The zero-order chi connectivity index (χ0) is 25.2. The monoisotopic (exact) mass is 490 g/mol. The normalized spacial score (nSPS) is 21.0. The lowest BCUT2D eigenvalue weighted by molar-refractivity contribution is -0.137. The maximum absolute atomic E-state index is 13.4. The molecule has 5 nitrogen and oxygen atoms in total. The summed E-state index contributed by atoms with van der Waals surface area (Å²) in [6, 6.07) is 12.9. The first-order valence-corrected chi connectivity index (χ1v) is 12.2. The van der Waals surface area contributed by atoms with Gasteiger partial charge in [0.05, 0.1) is 17.7 Å². The van der Waals surface area contributed by atoms with Crippen molar-refractivity contribution in [2.75, 3.05) is 6.54 Å². The van der Waals surface area contributed by atoms with Crippen LogP contribution >= 0.6 is 0 Å². The predicted molar refractivity (Wildman–Crippen MR) is 127 cm³/mol. The van der Waals surface area contributed by atoms with E-state index in [0.29, 0.717) is 17.9 Å². The van der Waals surface area contributed by atoms with Crippen LogP contribution in [0.3, 0.4) is 0 Å². The Balaban J connectivity index is 1.59. The van der Waals surface area contributed by atoms with Gasteiger partial charge in [0.15, 0.2) is 0 Å². The van der Waals surface area contributed by atoms with Crippen LogP contribution in [0.4, 0.5) is 18.0 Å². The Labute approximate surface area is 204 Å². The average molecular weight is 491 g/mol. The molecule has 1 amide bonds. The molecule has 1 saturated carbocycles. The Morgan fingerprint density at radius 3 is 2.40 bits per heavy atom.